The van der Waals surface area contributed by atoms with Crippen LogP contribution in [0.25, 0.3) is 0 Å². The van der Waals surface area contributed by atoms with E-state index in [-0.39, 0.29) is 0 Å². The fourth-order valence-electron chi connectivity index (χ4n) is 2.29. The molecule has 2 unspecified atom stereocenters. The van der Waals surface area contributed by atoms with Gasteiger partial charge in [-0.05, 0) is 32.8 Å². The highest BCUT2D eigenvalue weighted by molar-refractivity contribution is 4.96. The lowest BCUT2D eigenvalue weighted by molar-refractivity contribution is 0.0431. The van der Waals surface area contributed by atoms with Gasteiger partial charge >= 0.3 is 0 Å². The van der Waals surface area contributed by atoms with E-state index in [0.29, 0.717) is 12.1 Å². The fourth-order valence-corrected chi connectivity index (χ4v) is 2.29. The molecule has 0 bridgehead atoms. The van der Waals surface area contributed by atoms with Gasteiger partial charge in [0.1, 0.15) is 0 Å². The predicted octanol–water partition coefficient (Wildman–Crippen LogP) is 1.68. The summed E-state index contributed by atoms with van der Waals surface area (Å²) in [5.74, 6) is 0. The van der Waals surface area contributed by atoms with Crippen LogP contribution in [-0.2, 0) is 6.54 Å². The first kappa shape index (κ1) is 10.6. The molecule has 1 aliphatic heterocycles. The van der Waals surface area contributed by atoms with Gasteiger partial charge in [0.15, 0.2) is 0 Å². The first-order valence-electron chi connectivity index (χ1n) is 5.77. The minimum Gasteiger partial charge on any atom is -0.281 e. The van der Waals surface area contributed by atoms with Crippen LogP contribution in [-0.4, -0.2) is 27.3 Å². The van der Waals surface area contributed by atoms with E-state index in [1.54, 1.807) is 6.20 Å². The summed E-state index contributed by atoms with van der Waals surface area (Å²) in [4.78, 5) is 0. The third kappa shape index (κ3) is 2.58. The zero-order valence-electron chi connectivity index (χ0n) is 9.53. The van der Waals surface area contributed by atoms with Gasteiger partial charge in [-0.15, -0.1) is 0 Å². The van der Waals surface area contributed by atoms with Crippen LogP contribution in [0.4, 0.5) is 0 Å². The van der Waals surface area contributed by atoms with E-state index in [4.69, 9.17) is 0 Å². The molecule has 2 N–H and O–H groups in total. The maximum Gasteiger partial charge on any atom is 0.0521 e. The normalized spacial score (nSPS) is 28.1. The van der Waals surface area contributed by atoms with Crippen molar-refractivity contribution in [2.45, 2.75) is 51.7 Å². The topological polar surface area (TPSA) is 44.0 Å². The van der Waals surface area contributed by atoms with Gasteiger partial charge in [-0.25, -0.2) is 10.4 Å². The van der Waals surface area contributed by atoms with Crippen LogP contribution in [0.3, 0.4) is 0 Å². The van der Waals surface area contributed by atoms with Crippen molar-refractivity contribution in [1.82, 2.24) is 20.6 Å². The largest absolute Gasteiger partial charge is 0.281 e. The summed E-state index contributed by atoms with van der Waals surface area (Å²) in [5.41, 5.74) is 4.62. The Morgan fingerprint density at radius 1 is 1.47 bits per heavy atom. The smallest absolute Gasteiger partial charge is 0.0521 e. The van der Waals surface area contributed by atoms with Gasteiger partial charge in [-0.1, -0.05) is 6.42 Å². The molecular formula is C11H20N4. The third-order valence-electron chi connectivity index (χ3n) is 3.20. The molecule has 1 aromatic rings. The van der Waals surface area contributed by atoms with Crippen molar-refractivity contribution in [3.8, 4) is 0 Å². The molecule has 1 aliphatic rings. The number of nitrogens with one attached hydrogen (secondary N) is 2. The second kappa shape index (κ2) is 4.77. The molecule has 0 aliphatic carbocycles. The monoisotopic (exact) mass is 208 g/mol. The molecule has 1 saturated heterocycles. The van der Waals surface area contributed by atoms with Crippen LogP contribution in [0.5, 0.6) is 0 Å². The van der Waals surface area contributed by atoms with Crippen molar-refractivity contribution < 1.29 is 0 Å². The van der Waals surface area contributed by atoms with E-state index < -0.39 is 0 Å². The van der Waals surface area contributed by atoms with Crippen LogP contribution in [0.2, 0.25) is 0 Å². The molecule has 15 heavy (non-hydrogen) atoms. The summed E-state index contributed by atoms with van der Waals surface area (Å²) in [6.07, 6.45) is 5.73. The van der Waals surface area contributed by atoms with Gasteiger partial charge in [0.25, 0.3) is 0 Å². The van der Waals surface area contributed by atoms with E-state index in [2.05, 4.69) is 34.5 Å². The fraction of sp³-hybridized carbons (Fsp3) is 0.727. The molecule has 0 spiro atoms. The molecule has 4 nitrogen and oxygen atoms in total. The standard InChI is InChI=1S/C11H20N4/c1-9-4-3-5-10(2)15(9)13-8-11-6-7-12-14-11/h6-7,9-10,13H,3-5,8H2,1-2H3,(H,12,14). The summed E-state index contributed by atoms with van der Waals surface area (Å²) in [6, 6.07) is 3.28. The average Bonchev–Trinajstić information content (AvgIpc) is 2.70. The molecule has 4 heteroatoms. The van der Waals surface area contributed by atoms with E-state index in [1.807, 2.05) is 6.07 Å². The highest BCUT2D eigenvalue weighted by atomic mass is 15.5. The van der Waals surface area contributed by atoms with Crippen LogP contribution in [0.15, 0.2) is 12.3 Å². The molecule has 0 saturated carbocycles. The summed E-state index contributed by atoms with van der Waals surface area (Å²) in [7, 11) is 0. The molecule has 1 fully saturated rings. The first-order valence-corrected chi connectivity index (χ1v) is 5.77. The second-order valence-electron chi connectivity index (χ2n) is 4.45. The summed E-state index contributed by atoms with van der Waals surface area (Å²) < 4.78 is 0. The predicted molar refractivity (Wildman–Crippen MR) is 60.0 cm³/mol. The number of piperidine rings is 1. The molecular weight excluding hydrogens is 188 g/mol. The minimum absolute atomic E-state index is 0.636. The maximum atomic E-state index is 3.94. The van der Waals surface area contributed by atoms with Crippen molar-refractivity contribution >= 4 is 0 Å². The van der Waals surface area contributed by atoms with Crippen molar-refractivity contribution in [1.29, 1.82) is 0 Å². The highest BCUT2D eigenvalue weighted by Gasteiger charge is 2.23. The molecule has 1 aromatic heterocycles. The summed E-state index contributed by atoms with van der Waals surface area (Å²) >= 11 is 0. The number of H-pyrrole nitrogens is 1. The SMILES string of the molecule is CC1CCCC(C)N1NCc1ccn[nH]1. The van der Waals surface area contributed by atoms with Gasteiger partial charge in [0.05, 0.1) is 12.2 Å². The number of aromatic amines is 1. The van der Waals surface area contributed by atoms with Crippen molar-refractivity contribution in [3.63, 3.8) is 0 Å². The summed E-state index contributed by atoms with van der Waals surface area (Å²) in [5, 5.41) is 9.29. The van der Waals surface area contributed by atoms with Gasteiger partial charge < -0.3 is 0 Å². The Morgan fingerprint density at radius 2 is 2.20 bits per heavy atom. The zero-order valence-corrected chi connectivity index (χ0v) is 9.53. The summed E-state index contributed by atoms with van der Waals surface area (Å²) in [6.45, 7) is 5.42. The number of aromatic nitrogens is 2. The Bertz CT molecular complexity index is 273. The Kier molecular flexibility index (Phi) is 3.38. The minimum atomic E-state index is 0.636. The Labute approximate surface area is 91.0 Å². The number of rotatable bonds is 3. The number of hydrogen-bond acceptors (Lipinski definition) is 3. The van der Waals surface area contributed by atoms with Crippen molar-refractivity contribution in [2.75, 3.05) is 0 Å². The Morgan fingerprint density at radius 3 is 2.80 bits per heavy atom. The van der Waals surface area contributed by atoms with E-state index in [0.717, 1.165) is 12.2 Å². The van der Waals surface area contributed by atoms with E-state index in [1.165, 1.54) is 19.3 Å². The molecule has 2 heterocycles. The lowest BCUT2D eigenvalue weighted by atomic mass is 10.00. The highest BCUT2D eigenvalue weighted by Crippen LogP contribution is 2.20. The van der Waals surface area contributed by atoms with Crippen LogP contribution >= 0.6 is 0 Å². The quantitative estimate of drug-likeness (QED) is 0.794. The number of nitrogens with zero attached hydrogens (tertiary/aromatic N) is 2. The van der Waals surface area contributed by atoms with Crippen molar-refractivity contribution in [3.05, 3.63) is 18.0 Å². The van der Waals surface area contributed by atoms with Crippen LogP contribution in [0.1, 0.15) is 38.8 Å². The van der Waals surface area contributed by atoms with Crippen LogP contribution < -0.4 is 5.43 Å². The number of hydrogen-bond donors (Lipinski definition) is 2. The number of hydrazine groups is 1. The molecule has 0 radical (unpaired) electrons. The molecule has 0 amide bonds. The second-order valence-corrected chi connectivity index (χ2v) is 4.45. The Balaban J connectivity index is 1.86. The van der Waals surface area contributed by atoms with Gasteiger partial charge in [-0.2, -0.15) is 5.10 Å². The van der Waals surface area contributed by atoms with E-state index >= 15 is 0 Å². The van der Waals surface area contributed by atoms with Gasteiger partial charge in [0, 0.05) is 18.3 Å². The Hall–Kier alpha value is -0.870. The molecule has 2 atom stereocenters. The first-order chi connectivity index (χ1) is 7.27. The lowest BCUT2D eigenvalue weighted by Crippen LogP contribution is -2.51. The maximum absolute atomic E-state index is 3.94. The van der Waals surface area contributed by atoms with Gasteiger partial charge in [0.2, 0.25) is 0 Å². The molecule has 84 valence electrons. The molecule has 2 rings (SSSR count). The van der Waals surface area contributed by atoms with Gasteiger partial charge in [-0.3, -0.25) is 5.10 Å². The third-order valence-corrected chi connectivity index (χ3v) is 3.20. The average molecular weight is 208 g/mol. The van der Waals surface area contributed by atoms with Crippen LogP contribution in [0, 0.1) is 0 Å². The van der Waals surface area contributed by atoms with Crippen molar-refractivity contribution in [2.24, 2.45) is 0 Å². The van der Waals surface area contributed by atoms with E-state index in [9.17, 15) is 0 Å². The molecule has 0 aromatic carbocycles. The zero-order chi connectivity index (χ0) is 10.7. The lowest BCUT2D eigenvalue weighted by Gasteiger charge is -2.39.